The fraction of sp³-hybridized carbons (Fsp3) is 0.350. The third-order valence-electron chi connectivity index (χ3n) is 3.67. The van der Waals surface area contributed by atoms with Gasteiger partial charge in [0.25, 0.3) is 0 Å². The molecule has 0 unspecified atom stereocenters. The fourth-order valence-corrected chi connectivity index (χ4v) is 3.66. The average Bonchev–Trinajstić information content (AvgIpc) is 2.95. The quantitative estimate of drug-likeness (QED) is 0.569. The maximum atomic E-state index is 12.4. The van der Waals surface area contributed by atoms with E-state index >= 15 is 0 Å². The molecule has 29 heavy (non-hydrogen) atoms. The highest BCUT2D eigenvalue weighted by Crippen LogP contribution is 2.34. The Kier molecular flexibility index (Phi) is 8.04. The van der Waals surface area contributed by atoms with Crippen molar-refractivity contribution >= 4 is 51.6 Å². The number of carbonyl (C=O) groups is 3. The molecule has 0 aliphatic rings. The zero-order chi connectivity index (χ0) is 21.6. The predicted molar refractivity (Wildman–Crippen MR) is 114 cm³/mol. The standard InChI is InChI=1S/C20H23ClN2O5S/c1-5-27-18(24)15-12(4)16(19(25)28-10-11(2)3)29-17(15)23-20(26)22-14-8-6-7-13(21)9-14/h6-9,11H,5,10H2,1-4H3,(H2,22,23,26). The number of hydrogen-bond acceptors (Lipinski definition) is 6. The molecule has 2 aromatic rings. The van der Waals surface area contributed by atoms with E-state index in [1.165, 1.54) is 0 Å². The van der Waals surface area contributed by atoms with Crippen LogP contribution in [0.25, 0.3) is 0 Å². The number of hydrogen-bond donors (Lipinski definition) is 2. The number of thiophene rings is 1. The molecular weight excluding hydrogens is 416 g/mol. The van der Waals surface area contributed by atoms with Crippen LogP contribution in [0.4, 0.5) is 15.5 Å². The molecule has 1 heterocycles. The fourth-order valence-electron chi connectivity index (χ4n) is 2.38. The van der Waals surface area contributed by atoms with Gasteiger partial charge >= 0.3 is 18.0 Å². The first-order valence-electron chi connectivity index (χ1n) is 9.04. The number of anilines is 2. The number of carbonyl (C=O) groups excluding carboxylic acids is 3. The predicted octanol–water partition coefficient (Wildman–Crippen LogP) is 5.34. The van der Waals surface area contributed by atoms with Crippen LogP contribution in [0.15, 0.2) is 24.3 Å². The Morgan fingerprint density at radius 3 is 2.48 bits per heavy atom. The molecule has 0 fully saturated rings. The van der Waals surface area contributed by atoms with Crippen molar-refractivity contribution in [1.82, 2.24) is 0 Å². The van der Waals surface area contributed by atoms with Gasteiger partial charge in [0.15, 0.2) is 0 Å². The van der Waals surface area contributed by atoms with Gasteiger partial charge in [-0.3, -0.25) is 5.32 Å². The largest absolute Gasteiger partial charge is 0.462 e. The number of nitrogens with one attached hydrogen (secondary N) is 2. The third-order valence-corrected chi connectivity index (χ3v) is 5.09. The minimum atomic E-state index is -0.623. The Balaban J connectivity index is 2.28. The van der Waals surface area contributed by atoms with E-state index in [1.54, 1.807) is 38.1 Å². The molecule has 0 saturated carbocycles. The normalized spacial score (nSPS) is 10.6. The zero-order valence-electron chi connectivity index (χ0n) is 16.6. The van der Waals surface area contributed by atoms with Crippen LogP contribution >= 0.6 is 22.9 Å². The topological polar surface area (TPSA) is 93.7 Å². The number of amides is 2. The summed E-state index contributed by atoms with van der Waals surface area (Å²) < 4.78 is 10.4. The Hall–Kier alpha value is -2.58. The highest BCUT2D eigenvalue weighted by Gasteiger charge is 2.27. The van der Waals surface area contributed by atoms with Gasteiger partial charge < -0.3 is 14.8 Å². The first kappa shape index (κ1) is 22.7. The van der Waals surface area contributed by atoms with E-state index in [0.29, 0.717) is 16.3 Å². The van der Waals surface area contributed by atoms with Crippen molar-refractivity contribution in [2.75, 3.05) is 23.8 Å². The lowest BCUT2D eigenvalue weighted by Crippen LogP contribution is -2.20. The summed E-state index contributed by atoms with van der Waals surface area (Å²) in [7, 11) is 0. The molecule has 156 valence electrons. The maximum absolute atomic E-state index is 12.4. The molecule has 0 radical (unpaired) electrons. The van der Waals surface area contributed by atoms with Gasteiger partial charge in [0.2, 0.25) is 0 Å². The summed E-state index contributed by atoms with van der Waals surface area (Å²) in [6.45, 7) is 7.56. The van der Waals surface area contributed by atoms with Crippen LogP contribution in [-0.4, -0.2) is 31.2 Å². The van der Waals surface area contributed by atoms with E-state index in [2.05, 4.69) is 10.6 Å². The molecule has 0 spiro atoms. The molecule has 1 aromatic carbocycles. The van der Waals surface area contributed by atoms with Crippen molar-refractivity contribution in [3.8, 4) is 0 Å². The number of rotatable bonds is 7. The molecule has 0 aliphatic heterocycles. The number of esters is 2. The first-order chi connectivity index (χ1) is 13.7. The SMILES string of the molecule is CCOC(=O)c1c(NC(=O)Nc2cccc(Cl)c2)sc(C(=O)OCC(C)C)c1C. The number of halogens is 1. The van der Waals surface area contributed by atoms with E-state index in [9.17, 15) is 14.4 Å². The van der Waals surface area contributed by atoms with Crippen LogP contribution in [0.1, 0.15) is 46.4 Å². The highest BCUT2D eigenvalue weighted by molar-refractivity contribution is 7.18. The summed E-state index contributed by atoms with van der Waals surface area (Å²) in [6.07, 6.45) is 0. The van der Waals surface area contributed by atoms with Crippen LogP contribution < -0.4 is 10.6 Å². The van der Waals surface area contributed by atoms with Crippen LogP contribution in [-0.2, 0) is 9.47 Å². The monoisotopic (exact) mass is 438 g/mol. The van der Waals surface area contributed by atoms with Gasteiger partial charge in [0, 0.05) is 10.7 Å². The Morgan fingerprint density at radius 2 is 1.86 bits per heavy atom. The van der Waals surface area contributed by atoms with Crippen molar-refractivity contribution in [1.29, 1.82) is 0 Å². The van der Waals surface area contributed by atoms with Crippen molar-refractivity contribution in [2.24, 2.45) is 5.92 Å². The van der Waals surface area contributed by atoms with Crippen LogP contribution in [0, 0.1) is 12.8 Å². The van der Waals surface area contributed by atoms with Gasteiger partial charge in [-0.1, -0.05) is 31.5 Å². The van der Waals surface area contributed by atoms with E-state index in [1.807, 2.05) is 13.8 Å². The lowest BCUT2D eigenvalue weighted by atomic mass is 10.1. The van der Waals surface area contributed by atoms with E-state index in [0.717, 1.165) is 11.3 Å². The van der Waals surface area contributed by atoms with Gasteiger partial charge in [0.1, 0.15) is 9.88 Å². The number of urea groups is 1. The zero-order valence-corrected chi connectivity index (χ0v) is 18.2. The van der Waals surface area contributed by atoms with Crippen molar-refractivity contribution in [2.45, 2.75) is 27.7 Å². The Labute approximate surface area is 178 Å². The first-order valence-corrected chi connectivity index (χ1v) is 10.2. The van der Waals surface area contributed by atoms with Gasteiger partial charge in [0.05, 0.1) is 18.8 Å². The molecular formula is C20H23ClN2O5S. The summed E-state index contributed by atoms with van der Waals surface area (Å²) >= 11 is 6.89. The second kappa shape index (κ2) is 10.3. The second-order valence-corrected chi connectivity index (χ2v) is 8.02. The van der Waals surface area contributed by atoms with Crippen molar-refractivity contribution in [3.05, 3.63) is 45.3 Å². The number of ether oxygens (including phenoxy) is 2. The van der Waals surface area contributed by atoms with Gasteiger partial charge in [-0.15, -0.1) is 11.3 Å². The van der Waals surface area contributed by atoms with Gasteiger partial charge in [-0.05, 0) is 43.5 Å². The molecule has 7 nitrogen and oxygen atoms in total. The van der Waals surface area contributed by atoms with Gasteiger partial charge in [-0.2, -0.15) is 0 Å². The summed E-state index contributed by atoms with van der Waals surface area (Å²) in [5.41, 5.74) is 1.02. The average molecular weight is 439 g/mol. The van der Waals surface area contributed by atoms with E-state index < -0.39 is 18.0 Å². The Morgan fingerprint density at radius 1 is 1.14 bits per heavy atom. The third kappa shape index (κ3) is 6.20. The van der Waals surface area contributed by atoms with Crippen LogP contribution in [0.3, 0.4) is 0 Å². The molecule has 2 rings (SSSR count). The highest BCUT2D eigenvalue weighted by atomic mass is 35.5. The Bertz CT molecular complexity index is 910. The summed E-state index contributed by atoms with van der Waals surface area (Å²) in [5, 5.41) is 5.92. The van der Waals surface area contributed by atoms with Gasteiger partial charge in [-0.25, -0.2) is 14.4 Å². The van der Waals surface area contributed by atoms with Crippen molar-refractivity contribution in [3.63, 3.8) is 0 Å². The van der Waals surface area contributed by atoms with Crippen molar-refractivity contribution < 1.29 is 23.9 Å². The maximum Gasteiger partial charge on any atom is 0.348 e. The number of benzene rings is 1. The summed E-state index contributed by atoms with van der Waals surface area (Å²) in [4.78, 5) is 37.5. The lowest BCUT2D eigenvalue weighted by Gasteiger charge is -2.09. The molecule has 2 N–H and O–H groups in total. The lowest BCUT2D eigenvalue weighted by molar-refractivity contribution is 0.0464. The molecule has 0 bridgehead atoms. The molecule has 1 aromatic heterocycles. The van der Waals surface area contributed by atoms with E-state index in [4.69, 9.17) is 21.1 Å². The molecule has 2 amide bonds. The van der Waals surface area contributed by atoms with E-state index in [-0.39, 0.29) is 34.6 Å². The molecule has 9 heteroatoms. The summed E-state index contributed by atoms with van der Waals surface area (Å²) in [6, 6.07) is 6.05. The summed E-state index contributed by atoms with van der Waals surface area (Å²) in [5.74, 6) is -0.998. The molecule has 0 atom stereocenters. The minimum Gasteiger partial charge on any atom is -0.462 e. The molecule has 0 aliphatic carbocycles. The minimum absolute atomic E-state index is 0.134. The smallest absolute Gasteiger partial charge is 0.348 e. The second-order valence-electron chi connectivity index (χ2n) is 6.56. The molecule has 0 saturated heterocycles. The van der Waals surface area contributed by atoms with Crippen LogP contribution in [0.2, 0.25) is 5.02 Å². The van der Waals surface area contributed by atoms with Crippen LogP contribution in [0.5, 0.6) is 0 Å².